The van der Waals surface area contributed by atoms with Crippen molar-refractivity contribution in [2.75, 3.05) is 38.2 Å². The number of nitrogens with zero attached hydrogens (tertiary/aromatic N) is 3. The fourth-order valence-corrected chi connectivity index (χ4v) is 5.18. The van der Waals surface area contributed by atoms with Gasteiger partial charge in [0.15, 0.2) is 5.13 Å². The summed E-state index contributed by atoms with van der Waals surface area (Å²) in [5.74, 6) is 0.617. The van der Waals surface area contributed by atoms with Crippen LogP contribution in [0.4, 0.5) is 5.13 Å². The molecule has 0 aliphatic carbocycles. The second kappa shape index (κ2) is 7.78. The molecule has 1 aliphatic rings. The average Bonchev–Trinajstić information content (AvgIpc) is 3.23. The van der Waals surface area contributed by atoms with E-state index in [0.29, 0.717) is 29.4 Å². The Bertz CT molecular complexity index is 1250. The summed E-state index contributed by atoms with van der Waals surface area (Å²) >= 11 is 7.91. The Morgan fingerprint density at radius 3 is 2.47 bits per heavy atom. The number of halogens is 1. The molecule has 30 heavy (non-hydrogen) atoms. The quantitative estimate of drug-likeness (QED) is 0.448. The van der Waals surface area contributed by atoms with Gasteiger partial charge in [0, 0.05) is 26.2 Å². The van der Waals surface area contributed by atoms with Crippen LogP contribution in [0, 0.1) is 0 Å². The standard InChI is InChI=1S/C23H20ClN3O2S/c1-29-19-14-16-6-3-2-5-15(16)13-17(19)22(28)26-9-11-27(12-10-26)23-25-21-18(24)7-4-8-20(21)30-23/h2-8,13-14H,9-12H2,1H3. The molecule has 0 unspecified atom stereocenters. The lowest BCUT2D eigenvalue weighted by atomic mass is 10.0. The van der Waals surface area contributed by atoms with Crippen LogP contribution in [0.25, 0.3) is 21.0 Å². The fourth-order valence-electron chi connectivity index (χ4n) is 3.87. The molecule has 152 valence electrons. The van der Waals surface area contributed by atoms with Crippen molar-refractivity contribution in [2.24, 2.45) is 0 Å². The van der Waals surface area contributed by atoms with E-state index in [4.69, 9.17) is 21.3 Å². The largest absolute Gasteiger partial charge is 0.496 e. The maximum Gasteiger partial charge on any atom is 0.257 e. The predicted molar refractivity (Wildman–Crippen MR) is 123 cm³/mol. The van der Waals surface area contributed by atoms with Crippen LogP contribution in [0.1, 0.15) is 10.4 Å². The maximum absolute atomic E-state index is 13.2. The summed E-state index contributed by atoms with van der Waals surface area (Å²) < 4.78 is 6.60. The first-order valence-corrected chi connectivity index (χ1v) is 11.0. The minimum absolute atomic E-state index is 0.00426. The molecule has 0 spiro atoms. The van der Waals surface area contributed by atoms with E-state index in [-0.39, 0.29) is 5.91 Å². The lowest BCUT2D eigenvalue weighted by Gasteiger charge is -2.34. The van der Waals surface area contributed by atoms with Crippen LogP contribution in [-0.4, -0.2) is 49.1 Å². The molecule has 0 N–H and O–H groups in total. The molecule has 7 heteroatoms. The first-order valence-electron chi connectivity index (χ1n) is 9.80. The van der Waals surface area contributed by atoms with E-state index in [1.807, 2.05) is 59.5 Å². The third kappa shape index (κ3) is 3.36. The van der Waals surface area contributed by atoms with Crippen molar-refractivity contribution in [2.45, 2.75) is 0 Å². The van der Waals surface area contributed by atoms with E-state index in [9.17, 15) is 4.79 Å². The number of hydrogen-bond donors (Lipinski definition) is 0. The number of benzene rings is 3. The van der Waals surface area contributed by atoms with Crippen molar-refractivity contribution in [3.05, 3.63) is 65.2 Å². The third-order valence-corrected chi connectivity index (χ3v) is 6.88. The van der Waals surface area contributed by atoms with Crippen LogP contribution in [0.5, 0.6) is 5.75 Å². The van der Waals surface area contributed by atoms with Crippen LogP contribution in [0.15, 0.2) is 54.6 Å². The zero-order valence-electron chi connectivity index (χ0n) is 16.5. The van der Waals surface area contributed by atoms with Gasteiger partial charge in [0.05, 0.1) is 22.4 Å². The Balaban J connectivity index is 1.35. The smallest absolute Gasteiger partial charge is 0.257 e. The minimum Gasteiger partial charge on any atom is -0.496 e. The molecular weight excluding hydrogens is 418 g/mol. The van der Waals surface area contributed by atoms with Gasteiger partial charge in [0.2, 0.25) is 0 Å². The van der Waals surface area contributed by atoms with E-state index >= 15 is 0 Å². The molecule has 1 aliphatic heterocycles. The first-order chi connectivity index (χ1) is 14.6. The lowest BCUT2D eigenvalue weighted by molar-refractivity contribution is 0.0743. The Morgan fingerprint density at radius 1 is 1.03 bits per heavy atom. The number of methoxy groups -OCH3 is 1. The molecule has 2 heterocycles. The maximum atomic E-state index is 13.2. The number of carbonyl (C=O) groups is 1. The van der Waals surface area contributed by atoms with E-state index in [1.165, 1.54) is 0 Å². The molecule has 1 saturated heterocycles. The molecule has 5 rings (SSSR count). The summed E-state index contributed by atoms with van der Waals surface area (Å²) in [5.41, 5.74) is 1.45. The van der Waals surface area contributed by atoms with Crippen molar-refractivity contribution in [1.82, 2.24) is 9.88 Å². The lowest BCUT2D eigenvalue weighted by Crippen LogP contribution is -2.48. The average molecular weight is 438 g/mol. The molecule has 3 aromatic carbocycles. The van der Waals surface area contributed by atoms with Gasteiger partial charge >= 0.3 is 0 Å². The number of thiazole rings is 1. The van der Waals surface area contributed by atoms with Gasteiger partial charge in [-0.2, -0.15) is 0 Å². The molecule has 1 amide bonds. The van der Waals surface area contributed by atoms with Gasteiger partial charge in [-0.05, 0) is 35.0 Å². The summed E-state index contributed by atoms with van der Waals surface area (Å²) in [6, 6.07) is 17.7. The molecule has 1 fully saturated rings. The number of aromatic nitrogens is 1. The number of carbonyl (C=O) groups excluding carboxylic acids is 1. The van der Waals surface area contributed by atoms with Crippen LogP contribution in [-0.2, 0) is 0 Å². The highest BCUT2D eigenvalue weighted by molar-refractivity contribution is 7.22. The van der Waals surface area contributed by atoms with Crippen molar-refractivity contribution < 1.29 is 9.53 Å². The highest BCUT2D eigenvalue weighted by Crippen LogP contribution is 2.33. The predicted octanol–water partition coefficient (Wildman–Crippen LogP) is 5.07. The van der Waals surface area contributed by atoms with Gasteiger partial charge in [0.1, 0.15) is 11.3 Å². The summed E-state index contributed by atoms with van der Waals surface area (Å²) in [6.07, 6.45) is 0. The van der Waals surface area contributed by atoms with Crippen molar-refractivity contribution in [1.29, 1.82) is 0 Å². The first kappa shape index (κ1) is 19.2. The van der Waals surface area contributed by atoms with Crippen LogP contribution in [0.2, 0.25) is 5.02 Å². The number of ether oxygens (including phenoxy) is 1. The second-order valence-electron chi connectivity index (χ2n) is 7.26. The Hall–Kier alpha value is -2.83. The molecule has 0 bridgehead atoms. The fraction of sp³-hybridized carbons (Fsp3) is 0.217. The normalized spacial score (nSPS) is 14.5. The van der Waals surface area contributed by atoms with E-state index < -0.39 is 0 Å². The van der Waals surface area contributed by atoms with E-state index in [0.717, 1.165) is 39.2 Å². The highest BCUT2D eigenvalue weighted by Gasteiger charge is 2.26. The monoisotopic (exact) mass is 437 g/mol. The molecule has 0 saturated carbocycles. The van der Waals surface area contributed by atoms with Crippen molar-refractivity contribution in [3.63, 3.8) is 0 Å². The van der Waals surface area contributed by atoms with Gasteiger partial charge in [-0.3, -0.25) is 4.79 Å². The molecule has 1 aromatic heterocycles. The molecular formula is C23H20ClN3O2S. The van der Waals surface area contributed by atoms with E-state index in [1.54, 1.807) is 18.4 Å². The summed E-state index contributed by atoms with van der Waals surface area (Å²) in [7, 11) is 1.61. The highest BCUT2D eigenvalue weighted by atomic mass is 35.5. The number of anilines is 1. The summed E-state index contributed by atoms with van der Waals surface area (Å²) in [6.45, 7) is 2.75. The van der Waals surface area contributed by atoms with Crippen LogP contribution in [0.3, 0.4) is 0 Å². The van der Waals surface area contributed by atoms with E-state index in [2.05, 4.69) is 4.90 Å². The van der Waals surface area contributed by atoms with Gasteiger partial charge in [-0.15, -0.1) is 0 Å². The number of piperazine rings is 1. The van der Waals surface area contributed by atoms with Gasteiger partial charge < -0.3 is 14.5 Å². The molecule has 0 atom stereocenters. The number of amides is 1. The van der Waals surface area contributed by atoms with Crippen LogP contribution < -0.4 is 9.64 Å². The third-order valence-electron chi connectivity index (χ3n) is 5.49. The van der Waals surface area contributed by atoms with Gasteiger partial charge in [-0.1, -0.05) is 53.3 Å². The Morgan fingerprint density at radius 2 is 1.77 bits per heavy atom. The number of hydrogen-bond acceptors (Lipinski definition) is 5. The zero-order chi connectivity index (χ0) is 20.7. The Kier molecular flexibility index (Phi) is 4.97. The Labute approximate surface area is 183 Å². The zero-order valence-corrected chi connectivity index (χ0v) is 18.0. The van der Waals surface area contributed by atoms with Crippen LogP contribution >= 0.6 is 22.9 Å². The number of fused-ring (bicyclic) bond motifs is 2. The van der Waals surface area contributed by atoms with Crippen molar-refractivity contribution in [3.8, 4) is 5.75 Å². The minimum atomic E-state index is 0.00426. The summed E-state index contributed by atoms with van der Waals surface area (Å²) in [5, 5.41) is 3.72. The molecule has 0 radical (unpaired) electrons. The number of para-hydroxylation sites is 1. The number of rotatable bonds is 3. The van der Waals surface area contributed by atoms with Gasteiger partial charge in [-0.25, -0.2) is 4.98 Å². The SMILES string of the molecule is COc1cc2ccccc2cc1C(=O)N1CCN(c2nc3c(Cl)cccc3s2)CC1. The topological polar surface area (TPSA) is 45.7 Å². The summed E-state index contributed by atoms with van der Waals surface area (Å²) in [4.78, 5) is 22.1. The molecule has 4 aromatic rings. The van der Waals surface area contributed by atoms with Crippen molar-refractivity contribution >= 4 is 55.0 Å². The van der Waals surface area contributed by atoms with Gasteiger partial charge in [0.25, 0.3) is 5.91 Å². The molecule has 5 nitrogen and oxygen atoms in total. The second-order valence-corrected chi connectivity index (χ2v) is 8.68.